The Hall–Kier alpha value is -3.61. The number of rotatable bonds is 5. The van der Waals surface area contributed by atoms with E-state index in [1.54, 1.807) is 44.4 Å². The summed E-state index contributed by atoms with van der Waals surface area (Å²) in [4.78, 5) is 35.7. The average molecular weight is 365 g/mol. The van der Waals surface area contributed by atoms with Crippen molar-refractivity contribution in [2.45, 2.75) is 12.5 Å². The molecule has 1 atom stereocenters. The van der Waals surface area contributed by atoms with Crippen LogP contribution in [0.3, 0.4) is 0 Å². The molecule has 7 heteroatoms. The van der Waals surface area contributed by atoms with Crippen molar-refractivity contribution in [3.05, 3.63) is 65.7 Å². The second-order valence-electron chi connectivity index (χ2n) is 6.18. The second kappa shape index (κ2) is 7.33. The first-order chi connectivity index (χ1) is 12.9. The molecule has 2 aromatic carbocycles. The smallest absolute Gasteiger partial charge is 0.322 e. The van der Waals surface area contributed by atoms with Gasteiger partial charge in [-0.25, -0.2) is 4.79 Å². The van der Waals surface area contributed by atoms with Crippen LogP contribution in [0.4, 0.5) is 10.5 Å². The van der Waals surface area contributed by atoms with Gasteiger partial charge in [-0.3, -0.25) is 14.9 Å². The van der Waals surface area contributed by atoms with Crippen molar-refractivity contribution in [1.82, 2.24) is 10.6 Å². The summed E-state index contributed by atoms with van der Waals surface area (Å²) in [6, 6.07) is 13.6. The van der Waals surface area contributed by atoms with Gasteiger partial charge in [-0.1, -0.05) is 30.3 Å². The number of methoxy groups -OCH3 is 1. The van der Waals surface area contributed by atoms with Crippen LogP contribution in [0.1, 0.15) is 18.1 Å². The molecule has 2 aromatic rings. The van der Waals surface area contributed by atoms with Gasteiger partial charge >= 0.3 is 6.03 Å². The highest BCUT2D eigenvalue weighted by molar-refractivity contribution is 6.07. The number of anilines is 1. The van der Waals surface area contributed by atoms with Gasteiger partial charge in [-0.15, -0.1) is 0 Å². The number of para-hydroxylation sites is 1. The number of carbonyl (C=O) groups is 3. The predicted octanol–water partition coefficient (Wildman–Crippen LogP) is 2.40. The molecule has 0 saturated carbocycles. The molecule has 1 saturated heterocycles. The van der Waals surface area contributed by atoms with Crippen LogP contribution >= 0.6 is 0 Å². The zero-order chi connectivity index (χ0) is 19.4. The summed E-state index contributed by atoms with van der Waals surface area (Å²) in [5, 5.41) is 7.56. The van der Waals surface area contributed by atoms with Crippen LogP contribution < -0.4 is 20.7 Å². The number of benzene rings is 2. The Morgan fingerprint density at radius 3 is 2.63 bits per heavy atom. The van der Waals surface area contributed by atoms with Crippen LogP contribution in [-0.2, 0) is 15.1 Å². The summed E-state index contributed by atoms with van der Waals surface area (Å²) in [5.74, 6) is -0.102. The summed E-state index contributed by atoms with van der Waals surface area (Å²) >= 11 is 0. The number of hydrogen-bond acceptors (Lipinski definition) is 4. The van der Waals surface area contributed by atoms with E-state index in [-0.39, 0.29) is 5.91 Å². The van der Waals surface area contributed by atoms with Crippen LogP contribution in [0, 0.1) is 0 Å². The molecule has 1 aliphatic heterocycles. The van der Waals surface area contributed by atoms with Crippen LogP contribution in [0.5, 0.6) is 5.75 Å². The monoisotopic (exact) mass is 365 g/mol. The highest BCUT2D eigenvalue weighted by Gasteiger charge is 2.43. The summed E-state index contributed by atoms with van der Waals surface area (Å²) in [5.41, 5.74) is 0.682. The van der Waals surface area contributed by atoms with Crippen LogP contribution in [0.2, 0.25) is 0 Å². The van der Waals surface area contributed by atoms with Crippen molar-refractivity contribution in [1.29, 1.82) is 0 Å². The first-order valence-corrected chi connectivity index (χ1v) is 8.28. The number of imide groups is 1. The Kier molecular flexibility index (Phi) is 4.94. The highest BCUT2D eigenvalue weighted by atomic mass is 16.5. The predicted molar refractivity (Wildman–Crippen MR) is 101 cm³/mol. The van der Waals surface area contributed by atoms with Gasteiger partial charge in [0.05, 0.1) is 7.11 Å². The Morgan fingerprint density at radius 2 is 1.93 bits per heavy atom. The van der Waals surface area contributed by atoms with E-state index < -0.39 is 17.5 Å². The lowest BCUT2D eigenvalue weighted by molar-refractivity contribution is -0.123. The van der Waals surface area contributed by atoms with Gasteiger partial charge in [0, 0.05) is 17.3 Å². The van der Waals surface area contributed by atoms with Crippen LogP contribution in [-0.4, -0.2) is 25.0 Å². The number of ether oxygens (including phenoxy) is 1. The van der Waals surface area contributed by atoms with Crippen molar-refractivity contribution < 1.29 is 19.1 Å². The maximum absolute atomic E-state index is 12.2. The molecule has 3 N–H and O–H groups in total. The summed E-state index contributed by atoms with van der Waals surface area (Å²) < 4.78 is 5.24. The number of nitrogens with one attached hydrogen (secondary N) is 3. The highest BCUT2D eigenvalue weighted by Crippen LogP contribution is 2.26. The number of carbonyl (C=O) groups excluding carboxylic acids is 3. The van der Waals surface area contributed by atoms with E-state index in [1.807, 2.05) is 24.3 Å². The van der Waals surface area contributed by atoms with Crippen molar-refractivity contribution in [2.24, 2.45) is 0 Å². The normalized spacial score (nSPS) is 18.9. The molecule has 0 unspecified atom stereocenters. The zero-order valence-electron chi connectivity index (χ0n) is 14.9. The first-order valence-electron chi connectivity index (χ1n) is 8.28. The molecule has 1 fully saturated rings. The summed E-state index contributed by atoms with van der Waals surface area (Å²) in [6.07, 6.45) is 3.06. The standard InChI is InChI=1S/C20H19N3O4/c1-20(18(25)22-19(26)23-20)14-7-5-8-15(12-14)21-17(24)11-10-13-6-3-4-9-16(13)27-2/h3-12H,1-2H3,(H,21,24)(H2,22,23,25,26)/b11-10-/t20-/m1/s1. The third-order valence-electron chi connectivity index (χ3n) is 4.31. The van der Waals surface area contributed by atoms with Crippen LogP contribution in [0.15, 0.2) is 54.6 Å². The Bertz CT molecular complexity index is 938. The molecule has 0 spiro atoms. The molecule has 7 nitrogen and oxygen atoms in total. The van der Waals surface area contributed by atoms with E-state index in [1.165, 1.54) is 6.08 Å². The minimum atomic E-state index is -1.18. The van der Waals surface area contributed by atoms with Gasteiger partial charge in [0.15, 0.2) is 0 Å². The fourth-order valence-corrected chi connectivity index (χ4v) is 2.81. The average Bonchev–Trinajstić information content (AvgIpc) is 2.93. The first kappa shape index (κ1) is 18.2. The van der Waals surface area contributed by atoms with E-state index >= 15 is 0 Å². The largest absolute Gasteiger partial charge is 0.496 e. The molecule has 0 radical (unpaired) electrons. The minimum Gasteiger partial charge on any atom is -0.496 e. The Labute approximate surface area is 156 Å². The summed E-state index contributed by atoms with van der Waals surface area (Å²) in [6.45, 7) is 1.61. The third kappa shape index (κ3) is 3.82. The van der Waals surface area contributed by atoms with Crippen molar-refractivity contribution in [2.75, 3.05) is 12.4 Å². The van der Waals surface area contributed by atoms with Gasteiger partial charge in [-0.2, -0.15) is 0 Å². The SMILES string of the molecule is COc1ccccc1/C=C\C(=O)Nc1cccc([C@@]2(C)NC(=O)NC2=O)c1. The Balaban J connectivity index is 1.75. The molecule has 1 aliphatic rings. The molecule has 1 heterocycles. The van der Waals surface area contributed by atoms with Gasteiger partial charge in [0.25, 0.3) is 5.91 Å². The molecular formula is C20H19N3O4. The van der Waals surface area contributed by atoms with Crippen molar-refractivity contribution in [3.63, 3.8) is 0 Å². The number of amides is 4. The van der Waals surface area contributed by atoms with E-state index in [0.29, 0.717) is 17.0 Å². The van der Waals surface area contributed by atoms with Crippen LogP contribution in [0.25, 0.3) is 6.08 Å². The fourth-order valence-electron chi connectivity index (χ4n) is 2.81. The molecule has 138 valence electrons. The quantitative estimate of drug-likeness (QED) is 0.560. The van der Waals surface area contributed by atoms with E-state index in [0.717, 1.165) is 5.56 Å². The van der Waals surface area contributed by atoms with E-state index in [9.17, 15) is 14.4 Å². The molecule has 3 rings (SSSR count). The molecule has 0 aliphatic carbocycles. The van der Waals surface area contributed by atoms with E-state index in [2.05, 4.69) is 16.0 Å². The minimum absolute atomic E-state index is 0.330. The number of hydrogen-bond donors (Lipinski definition) is 3. The lowest BCUT2D eigenvalue weighted by atomic mass is 9.92. The van der Waals surface area contributed by atoms with Gasteiger partial charge in [-0.05, 0) is 36.8 Å². The summed E-state index contributed by atoms with van der Waals surface area (Å²) in [7, 11) is 1.57. The third-order valence-corrected chi connectivity index (χ3v) is 4.31. The zero-order valence-corrected chi connectivity index (χ0v) is 14.9. The molecule has 0 bridgehead atoms. The molecule has 27 heavy (non-hydrogen) atoms. The van der Waals surface area contributed by atoms with E-state index in [4.69, 9.17) is 4.74 Å². The second-order valence-corrected chi connectivity index (χ2v) is 6.18. The van der Waals surface area contributed by atoms with Gasteiger partial charge in [0.1, 0.15) is 11.3 Å². The van der Waals surface area contributed by atoms with Gasteiger partial charge < -0.3 is 15.4 Å². The Morgan fingerprint density at radius 1 is 1.15 bits per heavy atom. The molecule has 0 aromatic heterocycles. The van der Waals surface area contributed by atoms with Gasteiger partial charge in [0.2, 0.25) is 5.91 Å². The lowest BCUT2D eigenvalue weighted by Crippen LogP contribution is -2.40. The maximum Gasteiger partial charge on any atom is 0.322 e. The maximum atomic E-state index is 12.2. The van der Waals surface area contributed by atoms with Crippen molar-refractivity contribution in [3.8, 4) is 5.75 Å². The molecular weight excluding hydrogens is 346 g/mol. The van der Waals surface area contributed by atoms with Crippen molar-refractivity contribution >= 4 is 29.6 Å². The lowest BCUT2D eigenvalue weighted by Gasteiger charge is -2.21. The topological polar surface area (TPSA) is 96.5 Å². The molecule has 4 amide bonds. The number of urea groups is 1. The fraction of sp³-hybridized carbons (Fsp3) is 0.150.